The summed E-state index contributed by atoms with van der Waals surface area (Å²) in [5.74, 6) is -1.56. The average Bonchev–Trinajstić information content (AvgIpc) is 3.14. The van der Waals surface area contributed by atoms with Gasteiger partial charge in [0.1, 0.15) is 6.10 Å². The van der Waals surface area contributed by atoms with Gasteiger partial charge >= 0.3 is 5.97 Å². The number of ether oxygens (including phenoxy) is 1. The summed E-state index contributed by atoms with van der Waals surface area (Å²) >= 11 is 0. The van der Waals surface area contributed by atoms with E-state index in [9.17, 15) is 18.0 Å². The van der Waals surface area contributed by atoms with Gasteiger partial charge in [-0.1, -0.05) is 12.5 Å². The van der Waals surface area contributed by atoms with Gasteiger partial charge in [0.05, 0.1) is 4.90 Å². The first-order valence-electron chi connectivity index (χ1n) is 9.09. The number of carboxylic acids is 1. The van der Waals surface area contributed by atoms with E-state index < -0.39 is 34.1 Å². The van der Waals surface area contributed by atoms with Crippen molar-refractivity contribution in [2.24, 2.45) is 0 Å². The molecule has 1 amide bonds. The SMILES string of the molecule is Cc1ccc(NC(=O)[C@@H]2CC[C@H](C(=O)O)O2)cc1S(=O)(=O)N1CCCCC1. The van der Waals surface area contributed by atoms with E-state index in [1.54, 1.807) is 19.1 Å². The Labute approximate surface area is 158 Å². The van der Waals surface area contributed by atoms with Crippen LogP contribution in [-0.2, 0) is 24.3 Å². The first kappa shape index (κ1) is 19.8. The van der Waals surface area contributed by atoms with Crippen molar-refractivity contribution in [3.63, 3.8) is 0 Å². The van der Waals surface area contributed by atoms with Gasteiger partial charge in [0.2, 0.25) is 10.0 Å². The average molecular weight is 396 g/mol. The highest BCUT2D eigenvalue weighted by atomic mass is 32.2. The molecule has 27 heavy (non-hydrogen) atoms. The summed E-state index contributed by atoms with van der Waals surface area (Å²) in [7, 11) is -3.62. The molecule has 0 bridgehead atoms. The number of piperidine rings is 1. The van der Waals surface area contributed by atoms with Gasteiger partial charge in [0, 0.05) is 18.8 Å². The van der Waals surface area contributed by atoms with Crippen LogP contribution in [0.4, 0.5) is 5.69 Å². The van der Waals surface area contributed by atoms with Gasteiger partial charge in [0.25, 0.3) is 5.91 Å². The molecule has 2 aliphatic rings. The molecule has 3 rings (SSSR count). The molecule has 2 saturated heterocycles. The van der Waals surface area contributed by atoms with Gasteiger partial charge in [-0.3, -0.25) is 4.79 Å². The van der Waals surface area contributed by atoms with Crippen LogP contribution in [0.15, 0.2) is 23.1 Å². The highest BCUT2D eigenvalue weighted by Crippen LogP contribution is 2.27. The standard InChI is InChI=1S/C18H24N2O6S/c1-12-5-6-13(19-17(21)14-7-8-15(26-14)18(22)23)11-16(12)27(24,25)20-9-3-2-4-10-20/h5-6,11,14-15H,2-4,7-10H2,1H3,(H,19,21)(H,22,23)/t14-,15+/m0/s1. The van der Waals surface area contributed by atoms with Crippen molar-refractivity contribution in [1.82, 2.24) is 4.31 Å². The zero-order valence-electron chi connectivity index (χ0n) is 15.2. The third-order valence-electron chi connectivity index (χ3n) is 4.98. The molecule has 2 aliphatic heterocycles. The summed E-state index contributed by atoms with van der Waals surface area (Å²) in [6.07, 6.45) is 1.48. The van der Waals surface area contributed by atoms with Crippen LogP contribution in [0.2, 0.25) is 0 Å². The Morgan fingerprint density at radius 1 is 1.15 bits per heavy atom. The Balaban J connectivity index is 1.75. The zero-order chi connectivity index (χ0) is 19.6. The number of amides is 1. The molecule has 0 unspecified atom stereocenters. The van der Waals surface area contributed by atoms with Gasteiger partial charge in [-0.05, 0) is 50.3 Å². The quantitative estimate of drug-likeness (QED) is 0.784. The maximum absolute atomic E-state index is 12.9. The number of carbonyl (C=O) groups is 2. The van der Waals surface area contributed by atoms with E-state index >= 15 is 0 Å². The molecule has 9 heteroatoms. The molecular formula is C18H24N2O6S. The fourth-order valence-corrected chi connectivity index (χ4v) is 5.20. The Kier molecular flexibility index (Phi) is 5.83. The number of rotatable bonds is 5. The fourth-order valence-electron chi connectivity index (χ4n) is 3.43. The highest BCUT2D eigenvalue weighted by molar-refractivity contribution is 7.89. The van der Waals surface area contributed by atoms with Crippen molar-refractivity contribution in [3.05, 3.63) is 23.8 Å². The largest absolute Gasteiger partial charge is 0.479 e. The predicted octanol–water partition coefficient (Wildman–Crippen LogP) is 1.74. The van der Waals surface area contributed by atoms with E-state index in [1.165, 1.54) is 10.4 Å². The molecule has 2 atom stereocenters. The second kappa shape index (κ2) is 7.95. The van der Waals surface area contributed by atoms with E-state index in [-0.39, 0.29) is 11.3 Å². The highest BCUT2D eigenvalue weighted by Gasteiger charge is 2.35. The van der Waals surface area contributed by atoms with Crippen molar-refractivity contribution in [1.29, 1.82) is 0 Å². The van der Waals surface area contributed by atoms with Crippen LogP contribution in [0.5, 0.6) is 0 Å². The number of hydrogen-bond acceptors (Lipinski definition) is 5. The van der Waals surface area contributed by atoms with Gasteiger partial charge in [-0.25, -0.2) is 13.2 Å². The lowest BCUT2D eigenvalue weighted by Crippen LogP contribution is -2.36. The van der Waals surface area contributed by atoms with Crippen LogP contribution in [-0.4, -0.2) is 55.0 Å². The molecule has 0 saturated carbocycles. The number of carboxylic acid groups (broad SMARTS) is 1. The first-order valence-corrected chi connectivity index (χ1v) is 10.5. The lowest BCUT2D eigenvalue weighted by Gasteiger charge is -2.26. The lowest BCUT2D eigenvalue weighted by atomic mass is 10.2. The van der Waals surface area contributed by atoms with E-state index in [2.05, 4.69) is 5.32 Å². The topological polar surface area (TPSA) is 113 Å². The fraction of sp³-hybridized carbons (Fsp3) is 0.556. The second-order valence-electron chi connectivity index (χ2n) is 6.96. The van der Waals surface area contributed by atoms with E-state index in [4.69, 9.17) is 9.84 Å². The molecule has 2 fully saturated rings. The number of carbonyl (C=O) groups excluding carboxylic acids is 1. The molecule has 0 aliphatic carbocycles. The minimum absolute atomic E-state index is 0.179. The number of sulfonamides is 1. The van der Waals surface area contributed by atoms with Gasteiger partial charge < -0.3 is 15.2 Å². The lowest BCUT2D eigenvalue weighted by molar-refractivity contribution is -0.150. The monoisotopic (exact) mass is 396 g/mol. The minimum Gasteiger partial charge on any atom is -0.479 e. The Hall–Kier alpha value is -1.97. The number of aliphatic carboxylic acids is 1. The van der Waals surface area contributed by atoms with Crippen molar-refractivity contribution < 1.29 is 27.9 Å². The summed E-state index contributed by atoms with van der Waals surface area (Å²) in [6, 6.07) is 4.74. The van der Waals surface area contributed by atoms with Crippen LogP contribution in [0.3, 0.4) is 0 Å². The maximum Gasteiger partial charge on any atom is 0.332 e. The molecule has 2 heterocycles. The molecule has 0 spiro atoms. The van der Waals surface area contributed by atoms with Crippen molar-refractivity contribution in [2.45, 2.75) is 56.1 Å². The van der Waals surface area contributed by atoms with Gasteiger partial charge in [-0.15, -0.1) is 0 Å². The Morgan fingerprint density at radius 3 is 2.44 bits per heavy atom. The summed E-state index contributed by atoms with van der Waals surface area (Å²) in [5, 5.41) is 11.6. The van der Waals surface area contributed by atoms with Crippen LogP contribution < -0.4 is 5.32 Å². The minimum atomic E-state index is -3.62. The van der Waals surface area contributed by atoms with Crippen LogP contribution >= 0.6 is 0 Å². The number of nitrogens with one attached hydrogen (secondary N) is 1. The number of nitrogens with zero attached hydrogens (tertiary/aromatic N) is 1. The summed E-state index contributed by atoms with van der Waals surface area (Å²) in [6.45, 7) is 2.73. The molecular weight excluding hydrogens is 372 g/mol. The summed E-state index contributed by atoms with van der Waals surface area (Å²) < 4.78 is 32.6. The normalized spacial score (nSPS) is 23.9. The molecule has 0 aromatic heterocycles. The summed E-state index contributed by atoms with van der Waals surface area (Å²) in [4.78, 5) is 23.5. The van der Waals surface area contributed by atoms with Crippen molar-refractivity contribution in [3.8, 4) is 0 Å². The molecule has 1 aromatic carbocycles. The molecule has 0 radical (unpaired) electrons. The third-order valence-corrected chi connectivity index (χ3v) is 7.02. The Bertz CT molecular complexity index is 832. The van der Waals surface area contributed by atoms with E-state index in [0.29, 0.717) is 30.8 Å². The van der Waals surface area contributed by atoms with Crippen molar-refractivity contribution in [2.75, 3.05) is 18.4 Å². The molecule has 2 N–H and O–H groups in total. The first-order chi connectivity index (χ1) is 12.8. The third kappa shape index (κ3) is 4.31. The van der Waals surface area contributed by atoms with E-state index in [1.807, 2.05) is 0 Å². The van der Waals surface area contributed by atoms with Gasteiger partial charge in [-0.2, -0.15) is 4.31 Å². The van der Waals surface area contributed by atoms with Crippen LogP contribution in [0, 0.1) is 6.92 Å². The van der Waals surface area contributed by atoms with Crippen LogP contribution in [0.1, 0.15) is 37.7 Å². The smallest absolute Gasteiger partial charge is 0.332 e. The number of hydrogen-bond donors (Lipinski definition) is 2. The molecule has 8 nitrogen and oxygen atoms in total. The van der Waals surface area contributed by atoms with E-state index in [0.717, 1.165) is 19.3 Å². The Morgan fingerprint density at radius 2 is 1.81 bits per heavy atom. The zero-order valence-corrected chi connectivity index (χ0v) is 16.0. The molecule has 1 aromatic rings. The number of benzene rings is 1. The number of aryl methyl sites for hydroxylation is 1. The van der Waals surface area contributed by atoms with Crippen LogP contribution in [0.25, 0.3) is 0 Å². The number of anilines is 1. The summed E-state index contributed by atoms with van der Waals surface area (Å²) in [5.41, 5.74) is 0.963. The molecule has 148 valence electrons. The predicted molar refractivity (Wildman–Crippen MR) is 97.9 cm³/mol. The maximum atomic E-state index is 12.9. The van der Waals surface area contributed by atoms with Crippen molar-refractivity contribution >= 4 is 27.6 Å². The van der Waals surface area contributed by atoms with Gasteiger partial charge in [0.15, 0.2) is 6.10 Å². The second-order valence-corrected chi connectivity index (χ2v) is 8.87.